The van der Waals surface area contributed by atoms with Gasteiger partial charge in [-0.2, -0.15) is 0 Å². The molecule has 0 fully saturated rings. The molecular weight excluding hydrogens is 388 g/mol. The van der Waals surface area contributed by atoms with Crippen molar-refractivity contribution in [2.24, 2.45) is 0 Å². The summed E-state index contributed by atoms with van der Waals surface area (Å²) in [4.78, 5) is 11.5. The molecule has 148 valence electrons. The normalized spacial score (nSPS) is 10.4. The topological polar surface area (TPSA) is 44.8 Å². The van der Waals surface area contributed by atoms with E-state index < -0.39 is 5.24 Å². The Morgan fingerprint density at radius 1 is 0.862 bits per heavy atom. The van der Waals surface area contributed by atoms with E-state index in [4.69, 9.17) is 32.2 Å². The molecule has 0 unspecified atom stereocenters. The Balaban J connectivity index is 1.57. The lowest BCUT2D eigenvalue weighted by Gasteiger charge is -2.12. The SMILES string of the molecule is C#CCOc1ccc2cc(OCCOc3cc(C)c(C(=O)Cl)c(C)c3)ccc2c1. The number of aryl methyl sites for hydroxylation is 2. The standard InChI is InChI=1S/C24H21ClO4/c1-4-9-27-20-7-5-19-15-21(8-6-18(19)14-20)28-10-11-29-22-12-16(2)23(24(25)26)17(3)13-22/h1,5-8,12-15H,9-11H2,2-3H3. The Bertz CT molecular complexity index is 1060. The third-order valence-corrected chi connectivity index (χ3v) is 4.62. The van der Waals surface area contributed by atoms with Crippen LogP contribution in [0, 0.1) is 26.2 Å². The maximum atomic E-state index is 11.5. The molecule has 0 aliphatic rings. The summed E-state index contributed by atoms with van der Waals surface area (Å²) in [6.07, 6.45) is 5.22. The molecule has 0 heterocycles. The minimum absolute atomic E-state index is 0.247. The van der Waals surface area contributed by atoms with Crippen molar-refractivity contribution in [2.45, 2.75) is 13.8 Å². The Kier molecular flexibility index (Phi) is 6.64. The van der Waals surface area contributed by atoms with Gasteiger partial charge in [0.2, 0.25) is 0 Å². The first-order valence-electron chi connectivity index (χ1n) is 9.14. The van der Waals surface area contributed by atoms with Crippen LogP contribution in [0.15, 0.2) is 48.5 Å². The molecule has 0 aliphatic carbocycles. The van der Waals surface area contributed by atoms with Crippen LogP contribution < -0.4 is 14.2 Å². The molecule has 0 radical (unpaired) electrons. The number of fused-ring (bicyclic) bond motifs is 1. The van der Waals surface area contributed by atoms with Crippen molar-refractivity contribution in [2.75, 3.05) is 19.8 Å². The number of halogens is 1. The third kappa shape index (κ3) is 5.22. The number of hydrogen-bond acceptors (Lipinski definition) is 4. The van der Waals surface area contributed by atoms with Crippen LogP contribution in [0.2, 0.25) is 0 Å². The molecule has 3 rings (SSSR count). The van der Waals surface area contributed by atoms with Crippen LogP contribution >= 0.6 is 11.6 Å². The maximum absolute atomic E-state index is 11.5. The average molecular weight is 409 g/mol. The highest BCUT2D eigenvalue weighted by molar-refractivity contribution is 6.68. The number of ether oxygens (including phenoxy) is 3. The second-order valence-corrected chi connectivity index (χ2v) is 6.91. The molecule has 0 aliphatic heterocycles. The van der Waals surface area contributed by atoms with Crippen molar-refractivity contribution in [1.29, 1.82) is 0 Å². The Morgan fingerprint density at radius 2 is 1.38 bits per heavy atom. The largest absolute Gasteiger partial charge is 0.490 e. The van der Waals surface area contributed by atoms with E-state index in [-0.39, 0.29) is 6.61 Å². The highest BCUT2D eigenvalue weighted by atomic mass is 35.5. The molecule has 0 bridgehead atoms. The van der Waals surface area contributed by atoms with Gasteiger partial charge in [0.15, 0.2) is 0 Å². The summed E-state index contributed by atoms with van der Waals surface area (Å²) >= 11 is 5.62. The van der Waals surface area contributed by atoms with Crippen molar-refractivity contribution >= 4 is 27.6 Å². The second kappa shape index (κ2) is 9.36. The van der Waals surface area contributed by atoms with Crippen molar-refractivity contribution < 1.29 is 19.0 Å². The van der Waals surface area contributed by atoms with Gasteiger partial charge in [-0.3, -0.25) is 4.79 Å². The zero-order chi connectivity index (χ0) is 20.8. The van der Waals surface area contributed by atoms with Crippen LogP contribution in [0.1, 0.15) is 21.5 Å². The quantitative estimate of drug-likeness (QED) is 0.288. The van der Waals surface area contributed by atoms with Gasteiger partial charge in [-0.1, -0.05) is 18.1 Å². The lowest BCUT2D eigenvalue weighted by molar-refractivity contribution is 0.108. The van der Waals surface area contributed by atoms with Crippen molar-refractivity contribution in [3.8, 4) is 29.6 Å². The van der Waals surface area contributed by atoms with E-state index in [1.54, 1.807) is 12.1 Å². The van der Waals surface area contributed by atoms with Crippen LogP contribution in [0.3, 0.4) is 0 Å². The Hall–Kier alpha value is -3.16. The van der Waals surface area contributed by atoms with Crippen molar-refractivity contribution in [3.05, 3.63) is 65.2 Å². The van der Waals surface area contributed by atoms with E-state index in [1.807, 2.05) is 50.2 Å². The molecule has 0 atom stereocenters. The van der Waals surface area contributed by atoms with Gasteiger partial charge in [0.1, 0.15) is 37.1 Å². The summed E-state index contributed by atoms with van der Waals surface area (Å²) < 4.78 is 17.0. The third-order valence-electron chi connectivity index (χ3n) is 4.43. The molecule has 0 N–H and O–H groups in total. The van der Waals surface area contributed by atoms with Gasteiger partial charge in [-0.05, 0) is 83.7 Å². The molecule has 0 amide bonds. The highest BCUT2D eigenvalue weighted by Crippen LogP contribution is 2.26. The minimum atomic E-state index is -0.457. The fourth-order valence-corrected chi connectivity index (χ4v) is 3.44. The predicted molar refractivity (Wildman–Crippen MR) is 115 cm³/mol. The number of rotatable bonds is 8. The van der Waals surface area contributed by atoms with Gasteiger partial charge in [0, 0.05) is 5.56 Å². The van der Waals surface area contributed by atoms with Gasteiger partial charge in [0.25, 0.3) is 5.24 Å². The number of benzene rings is 3. The molecular formula is C24H21ClO4. The van der Waals surface area contributed by atoms with Crippen molar-refractivity contribution in [3.63, 3.8) is 0 Å². The predicted octanol–water partition coefficient (Wildman–Crippen LogP) is 5.31. The summed E-state index contributed by atoms with van der Waals surface area (Å²) in [5.41, 5.74) is 2.11. The minimum Gasteiger partial charge on any atom is -0.490 e. The molecule has 3 aromatic rings. The van der Waals surface area contributed by atoms with E-state index in [9.17, 15) is 4.79 Å². The van der Waals surface area contributed by atoms with Gasteiger partial charge < -0.3 is 14.2 Å². The number of terminal acetylenes is 1. The van der Waals surface area contributed by atoms with Crippen LogP contribution in [0.4, 0.5) is 0 Å². The summed E-state index contributed by atoms with van der Waals surface area (Å²) in [5, 5.41) is 1.63. The average Bonchev–Trinajstić information content (AvgIpc) is 2.68. The Morgan fingerprint density at radius 3 is 1.90 bits per heavy atom. The van der Waals surface area contributed by atoms with Gasteiger partial charge >= 0.3 is 0 Å². The number of carbonyl (C=O) groups is 1. The molecule has 4 nitrogen and oxygen atoms in total. The first kappa shape index (κ1) is 20.6. The molecule has 3 aromatic carbocycles. The van der Waals surface area contributed by atoms with E-state index in [2.05, 4.69) is 5.92 Å². The zero-order valence-corrected chi connectivity index (χ0v) is 17.1. The summed E-state index contributed by atoms with van der Waals surface area (Å²) in [6.45, 7) is 4.69. The first-order chi connectivity index (χ1) is 14.0. The maximum Gasteiger partial charge on any atom is 0.252 e. The zero-order valence-electron chi connectivity index (χ0n) is 16.3. The van der Waals surface area contributed by atoms with Crippen LogP contribution in [-0.2, 0) is 0 Å². The molecule has 0 saturated carbocycles. The monoisotopic (exact) mass is 408 g/mol. The van der Waals surface area contributed by atoms with E-state index in [0.29, 0.717) is 24.5 Å². The van der Waals surface area contributed by atoms with E-state index in [0.717, 1.165) is 33.4 Å². The number of hydrogen-bond donors (Lipinski definition) is 0. The molecule has 5 heteroatoms. The van der Waals surface area contributed by atoms with Crippen LogP contribution in [0.5, 0.6) is 17.2 Å². The summed E-state index contributed by atoms with van der Waals surface area (Å²) in [5.74, 6) is 4.64. The van der Waals surface area contributed by atoms with Gasteiger partial charge in [-0.15, -0.1) is 6.42 Å². The number of carbonyl (C=O) groups excluding carboxylic acids is 1. The smallest absolute Gasteiger partial charge is 0.252 e. The van der Waals surface area contributed by atoms with E-state index >= 15 is 0 Å². The summed E-state index contributed by atoms with van der Waals surface area (Å²) in [6, 6.07) is 15.2. The van der Waals surface area contributed by atoms with Crippen LogP contribution in [-0.4, -0.2) is 25.1 Å². The summed E-state index contributed by atoms with van der Waals surface area (Å²) in [7, 11) is 0. The lowest BCUT2D eigenvalue weighted by Crippen LogP contribution is -2.09. The van der Waals surface area contributed by atoms with E-state index in [1.165, 1.54) is 0 Å². The molecule has 0 saturated heterocycles. The van der Waals surface area contributed by atoms with Gasteiger partial charge in [0.05, 0.1) is 0 Å². The highest BCUT2D eigenvalue weighted by Gasteiger charge is 2.11. The Labute approximate surface area is 175 Å². The lowest BCUT2D eigenvalue weighted by atomic mass is 10.0. The molecule has 0 spiro atoms. The molecule has 0 aromatic heterocycles. The fourth-order valence-electron chi connectivity index (χ4n) is 3.14. The van der Waals surface area contributed by atoms with Gasteiger partial charge in [-0.25, -0.2) is 0 Å². The molecule has 29 heavy (non-hydrogen) atoms. The van der Waals surface area contributed by atoms with Crippen LogP contribution in [0.25, 0.3) is 10.8 Å². The fraction of sp³-hybridized carbons (Fsp3) is 0.208. The second-order valence-electron chi connectivity index (χ2n) is 6.57. The van der Waals surface area contributed by atoms with Crippen molar-refractivity contribution in [1.82, 2.24) is 0 Å². The first-order valence-corrected chi connectivity index (χ1v) is 9.52.